The molecule has 2 rings (SSSR count). The fourth-order valence-electron chi connectivity index (χ4n) is 2.59. The summed E-state index contributed by atoms with van der Waals surface area (Å²) in [4.78, 5) is 2.15. The van der Waals surface area contributed by atoms with Gasteiger partial charge in [0.05, 0.1) is 18.0 Å². The molecule has 2 heterocycles. The second kappa shape index (κ2) is 8.34. The topological polar surface area (TPSA) is 38.5 Å². The number of rotatable bonds is 5. The molecule has 3 unspecified atom stereocenters. The number of hydrogen-bond donors (Lipinski definition) is 1. The Labute approximate surface area is 135 Å². The van der Waals surface area contributed by atoms with Gasteiger partial charge in [-0.15, -0.1) is 11.8 Å². The van der Waals surface area contributed by atoms with Gasteiger partial charge in [0.15, 0.2) is 0 Å². The highest BCUT2D eigenvalue weighted by atomic mass is 35.5. The molecule has 0 radical (unpaired) electrons. The molecule has 2 saturated heterocycles. The lowest BCUT2D eigenvalue weighted by Gasteiger charge is -2.29. The lowest BCUT2D eigenvalue weighted by atomic mass is 10.0. The Kier molecular flexibility index (Phi) is 6.76. The quantitative estimate of drug-likeness (QED) is 0.784. The van der Waals surface area contributed by atoms with Gasteiger partial charge in [0, 0.05) is 24.1 Å². The van der Waals surface area contributed by atoms with E-state index in [-0.39, 0.29) is 17.2 Å². The first-order valence-corrected chi connectivity index (χ1v) is 8.57. The Hall–Kier alpha value is -0.330. The summed E-state index contributed by atoms with van der Waals surface area (Å²) in [5.41, 5.74) is 6.19. The van der Waals surface area contributed by atoms with Crippen molar-refractivity contribution in [3.05, 3.63) is 35.7 Å². The highest BCUT2D eigenvalue weighted by molar-refractivity contribution is 8.00. The molecule has 0 aliphatic carbocycles. The van der Waals surface area contributed by atoms with Gasteiger partial charge in [-0.25, -0.2) is 4.39 Å². The first kappa shape index (κ1) is 17.0. The highest BCUT2D eigenvalue weighted by Gasteiger charge is 2.35. The van der Waals surface area contributed by atoms with Gasteiger partial charge in [-0.05, 0) is 30.9 Å². The van der Waals surface area contributed by atoms with E-state index in [0.717, 1.165) is 38.5 Å². The summed E-state index contributed by atoms with van der Waals surface area (Å²) in [6.45, 7) is 6.05. The molecule has 0 aromatic carbocycles. The van der Waals surface area contributed by atoms with Crippen molar-refractivity contribution >= 4 is 23.4 Å². The van der Waals surface area contributed by atoms with E-state index in [4.69, 9.17) is 22.1 Å². The smallest absolute Gasteiger partial charge is 0.116 e. The highest BCUT2D eigenvalue weighted by Crippen LogP contribution is 2.33. The fourth-order valence-corrected chi connectivity index (χ4v) is 3.90. The van der Waals surface area contributed by atoms with Crippen molar-refractivity contribution in [2.24, 2.45) is 11.7 Å². The Balaban J connectivity index is 1.87. The van der Waals surface area contributed by atoms with E-state index < -0.39 is 0 Å². The Morgan fingerprint density at radius 3 is 3.05 bits per heavy atom. The van der Waals surface area contributed by atoms with Crippen LogP contribution in [-0.4, -0.2) is 42.0 Å². The number of thioether (sulfide) groups is 1. The third-order valence-electron chi connectivity index (χ3n) is 3.70. The van der Waals surface area contributed by atoms with Crippen LogP contribution in [0, 0.1) is 5.92 Å². The molecule has 0 aromatic heterocycles. The molecule has 3 atom stereocenters. The first-order chi connectivity index (χ1) is 10.1. The minimum Gasteiger partial charge on any atom is -0.381 e. The maximum atomic E-state index is 14.1. The fraction of sp³-hybridized carbons (Fsp3) is 0.600. The van der Waals surface area contributed by atoms with E-state index in [1.807, 2.05) is 0 Å². The van der Waals surface area contributed by atoms with Crippen molar-refractivity contribution < 1.29 is 9.13 Å². The third kappa shape index (κ3) is 5.11. The van der Waals surface area contributed by atoms with E-state index in [1.54, 1.807) is 23.9 Å². The Morgan fingerprint density at radius 2 is 2.38 bits per heavy atom. The van der Waals surface area contributed by atoms with Crippen LogP contribution in [0.4, 0.5) is 4.39 Å². The van der Waals surface area contributed by atoms with E-state index in [0.29, 0.717) is 11.0 Å². The van der Waals surface area contributed by atoms with Crippen LogP contribution in [0.5, 0.6) is 0 Å². The molecule has 2 fully saturated rings. The molecule has 21 heavy (non-hydrogen) atoms. The number of ether oxygens (including phenoxy) is 1. The van der Waals surface area contributed by atoms with Gasteiger partial charge < -0.3 is 10.5 Å². The maximum absolute atomic E-state index is 14.1. The SMILES string of the molecule is C=C(Cl)/C=C\C=C(/F)C1SCN(CC2CCCOC2)C1N. The zero-order chi connectivity index (χ0) is 15.2. The normalized spacial score (nSPS) is 32.0. The van der Waals surface area contributed by atoms with Crippen molar-refractivity contribution in [3.8, 4) is 0 Å². The average molecular weight is 333 g/mol. The predicted octanol–water partition coefficient (Wildman–Crippen LogP) is 3.23. The Morgan fingerprint density at radius 1 is 1.57 bits per heavy atom. The minimum atomic E-state index is -0.317. The molecular formula is C15H22ClFN2OS. The van der Waals surface area contributed by atoms with Gasteiger partial charge in [0.2, 0.25) is 0 Å². The van der Waals surface area contributed by atoms with Crippen LogP contribution in [0.15, 0.2) is 35.7 Å². The summed E-state index contributed by atoms with van der Waals surface area (Å²) in [5.74, 6) is 1.05. The summed E-state index contributed by atoms with van der Waals surface area (Å²) in [6.07, 6.45) is 6.52. The monoisotopic (exact) mass is 332 g/mol. The van der Waals surface area contributed by atoms with Crippen LogP contribution < -0.4 is 5.73 Å². The molecule has 6 heteroatoms. The minimum absolute atomic E-state index is 0.218. The molecule has 0 aromatic rings. The second-order valence-electron chi connectivity index (χ2n) is 5.42. The number of hydrogen-bond acceptors (Lipinski definition) is 4. The zero-order valence-corrected chi connectivity index (χ0v) is 13.6. The second-order valence-corrected chi connectivity index (χ2v) is 7.00. The number of nitrogens with two attached hydrogens (primary N) is 1. The molecule has 0 saturated carbocycles. The van der Waals surface area contributed by atoms with Crippen molar-refractivity contribution in [2.75, 3.05) is 25.6 Å². The lowest BCUT2D eigenvalue weighted by Crippen LogP contribution is -2.45. The van der Waals surface area contributed by atoms with Gasteiger partial charge >= 0.3 is 0 Å². The number of halogens is 2. The third-order valence-corrected chi connectivity index (χ3v) is 5.17. The van der Waals surface area contributed by atoms with Gasteiger partial charge in [-0.1, -0.05) is 24.3 Å². The molecule has 2 N–H and O–H groups in total. The molecule has 2 aliphatic rings. The summed E-state index contributed by atoms with van der Waals surface area (Å²) < 4.78 is 19.6. The van der Waals surface area contributed by atoms with E-state index in [1.165, 1.54) is 6.08 Å². The summed E-state index contributed by atoms with van der Waals surface area (Å²) in [6, 6.07) is 0. The summed E-state index contributed by atoms with van der Waals surface area (Å²) >= 11 is 7.14. The van der Waals surface area contributed by atoms with Crippen LogP contribution in [0.25, 0.3) is 0 Å². The van der Waals surface area contributed by atoms with Gasteiger partial charge in [0.1, 0.15) is 5.83 Å². The first-order valence-electron chi connectivity index (χ1n) is 7.15. The van der Waals surface area contributed by atoms with Crippen LogP contribution in [0.1, 0.15) is 12.8 Å². The van der Waals surface area contributed by atoms with Crippen LogP contribution in [-0.2, 0) is 4.74 Å². The molecule has 0 spiro atoms. The summed E-state index contributed by atoms with van der Waals surface area (Å²) in [7, 11) is 0. The van der Waals surface area contributed by atoms with Gasteiger partial charge in [-0.3, -0.25) is 4.90 Å². The standard InChI is InChI=1S/C15H22ClFN2OS/c1-11(16)4-2-6-13(17)14-15(18)19(10-21-14)8-12-5-3-7-20-9-12/h2,4,6,12,14-15H,1,3,5,7-10,18H2/b4-2-,13-6-. The Bertz CT molecular complexity index is 424. The largest absolute Gasteiger partial charge is 0.381 e. The molecule has 118 valence electrons. The van der Waals surface area contributed by atoms with Crippen molar-refractivity contribution in [3.63, 3.8) is 0 Å². The molecular weight excluding hydrogens is 311 g/mol. The maximum Gasteiger partial charge on any atom is 0.116 e. The number of allylic oxidation sites excluding steroid dienone is 4. The van der Waals surface area contributed by atoms with Crippen molar-refractivity contribution in [1.82, 2.24) is 4.90 Å². The van der Waals surface area contributed by atoms with Crippen LogP contribution in [0.3, 0.4) is 0 Å². The number of nitrogens with zero attached hydrogens (tertiary/aromatic N) is 1. The predicted molar refractivity (Wildman–Crippen MR) is 87.8 cm³/mol. The van der Waals surface area contributed by atoms with Crippen LogP contribution >= 0.6 is 23.4 Å². The van der Waals surface area contributed by atoms with Gasteiger partial charge in [-0.2, -0.15) is 0 Å². The lowest BCUT2D eigenvalue weighted by molar-refractivity contribution is 0.0370. The van der Waals surface area contributed by atoms with E-state index in [9.17, 15) is 4.39 Å². The van der Waals surface area contributed by atoms with Crippen LogP contribution in [0.2, 0.25) is 0 Å². The van der Waals surface area contributed by atoms with Crippen molar-refractivity contribution in [2.45, 2.75) is 24.3 Å². The van der Waals surface area contributed by atoms with Gasteiger partial charge in [0.25, 0.3) is 0 Å². The molecule has 2 aliphatic heterocycles. The molecule has 0 bridgehead atoms. The van der Waals surface area contributed by atoms with Crippen molar-refractivity contribution in [1.29, 1.82) is 0 Å². The zero-order valence-electron chi connectivity index (χ0n) is 12.0. The average Bonchev–Trinajstić information content (AvgIpc) is 2.81. The molecule has 0 amide bonds. The summed E-state index contributed by atoms with van der Waals surface area (Å²) in [5, 5.41) is 0.0594. The molecule has 3 nitrogen and oxygen atoms in total. The van der Waals surface area contributed by atoms with E-state index >= 15 is 0 Å². The van der Waals surface area contributed by atoms with E-state index in [2.05, 4.69) is 11.5 Å².